The Labute approximate surface area is 358 Å². The van der Waals surface area contributed by atoms with E-state index in [1.165, 1.54) is 33.4 Å². The molecule has 11 rings (SSSR count). The van der Waals surface area contributed by atoms with Gasteiger partial charge in [0, 0.05) is 39.2 Å². The number of nitrogens with one attached hydrogen (secondary N) is 2. The molecular formula is C55H38BrN3O. The highest BCUT2D eigenvalue weighted by atomic mass is 79.9. The summed E-state index contributed by atoms with van der Waals surface area (Å²) in [6.07, 6.45) is 0. The third kappa shape index (κ3) is 5.97. The minimum absolute atomic E-state index is 0.564. The van der Waals surface area contributed by atoms with E-state index in [2.05, 4.69) is 207 Å². The topological polar surface area (TPSA) is 36.5 Å². The van der Waals surface area contributed by atoms with Crippen molar-refractivity contribution in [3.63, 3.8) is 0 Å². The summed E-state index contributed by atoms with van der Waals surface area (Å²) in [6.45, 7) is 0. The lowest BCUT2D eigenvalue weighted by molar-refractivity contribution is 0.483. The van der Waals surface area contributed by atoms with Gasteiger partial charge < -0.3 is 20.3 Å². The minimum Gasteiger partial charge on any atom is -0.457 e. The molecule has 2 N–H and O–H groups in total. The highest BCUT2D eigenvalue weighted by molar-refractivity contribution is 9.10. The van der Waals surface area contributed by atoms with Crippen molar-refractivity contribution in [1.82, 2.24) is 0 Å². The van der Waals surface area contributed by atoms with Gasteiger partial charge in [-0.25, -0.2) is 0 Å². The average molecular weight is 837 g/mol. The minimum atomic E-state index is -0.564. The lowest BCUT2D eigenvalue weighted by Gasteiger charge is -2.45. The van der Waals surface area contributed by atoms with Crippen LogP contribution in [0.1, 0.15) is 22.3 Å². The Balaban J connectivity index is 1.21. The van der Waals surface area contributed by atoms with Crippen molar-refractivity contribution < 1.29 is 4.74 Å². The van der Waals surface area contributed by atoms with Gasteiger partial charge in [0.05, 0.1) is 28.2 Å². The second kappa shape index (κ2) is 14.8. The van der Waals surface area contributed by atoms with Gasteiger partial charge in [-0.05, 0) is 106 Å². The molecule has 286 valence electrons. The molecule has 0 bridgehead atoms. The smallest absolute Gasteiger partial charge is 0.131 e. The molecule has 0 saturated carbocycles. The Kier molecular flexibility index (Phi) is 8.83. The van der Waals surface area contributed by atoms with Gasteiger partial charge in [0.2, 0.25) is 0 Å². The first-order chi connectivity index (χ1) is 29.6. The normalized spacial score (nSPS) is 12.8. The Morgan fingerprint density at radius 1 is 0.417 bits per heavy atom. The molecule has 1 aliphatic heterocycles. The van der Waals surface area contributed by atoms with Gasteiger partial charge in [-0.2, -0.15) is 0 Å². The molecule has 9 aromatic carbocycles. The zero-order valence-electron chi connectivity index (χ0n) is 32.5. The zero-order chi connectivity index (χ0) is 40.0. The maximum absolute atomic E-state index is 6.58. The number of ether oxygens (including phenoxy) is 1. The van der Waals surface area contributed by atoms with E-state index in [1.807, 2.05) is 42.5 Å². The molecule has 0 fully saturated rings. The van der Waals surface area contributed by atoms with E-state index in [-0.39, 0.29) is 0 Å². The molecule has 2 aliphatic rings. The van der Waals surface area contributed by atoms with Crippen LogP contribution in [0.5, 0.6) is 11.5 Å². The van der Waals surface area contributed by atoms with Crippen LogP contribution in [0, 0.1) is 0 Å². The van der Waals surface area contributed by atoms with Crippen molar-refractivity contribution in [1.29, 1.82) is 0 Å². The van der Waals surface area contributed by atoms with Crippen LogP contribution in [0.25, 0.3) is 22.3 Å². The molecule has 1 heterocycles. The molecule has 9 aromatic rings. The van der Waals surface area contributed by atoms with E-state index in [4.69, 9.17) is 4.74 Å². The number of halogens is 1. The number of para-hydroxylation sites is 4. The summed E-state index contributed by atoms with van der Waals surface area (Å²) in [7, 11) is 0. The zero-order valence-corrected chi connectivity index (χ0v) is 34.1. The third-order valence-electron chi connectivity index (χ3n) is 11.7. The summed E-state index contributed by atoms with van der Waals surface area (Å²) in [5.41, 5.74) is 16.2. The van der Waals surface area contributed by atoms with Gasteiger partial charge >= 0.3 is 0 Å². The molecule has 4 nitrogen and oxygen atoms in total. The van der Waals surface area contributed by atoms with Crippen LogP contribution >= 0.6 is 15.9 Å². The SMILES string of the molecule is Brc1ccc2c(c1)N(c1ccccc1)c1cc(-c3c(Nc4ccccc4)cc(Oc4ccccc4)cc3Nc3ccccc3)ccc1C21c2ccccc2-c2ccccc21. The largest absolute Gasteiger partial charge is 0.457 e. The quantitative estimate of drug-likeness (QED) is 0.160. The fourth-order valence-electron chi connectivity index (χ4n) is 9.30. The van der Waals surface area contributed by atoms with E-state index in [1.54, 1.807) is 0 Å². The second-order valence-electron chi connectivity index (χ2n) is 15.2. The molecule has 60 heavy (non-hydrogen) atoms. The van der Waals surface area contributed by atoms with Crippen LogP contribution in [0.2, 0.25) is 0 Å². The number of anilines is 7. The standard InChI is InChI=1S/C55H38BrN3O/c56-38-30-32-49-53(34-38)59(41-21-9-3-10-22-41)52-33-37(29-31-48(52)55(49)46-27-15-13-25-44(46)45-26-14-16-28-47(45)55)54-50(57-39-17-5-1-6-18-39)35-43(60-42-23-11-4-12-24-42)36-51(54)58-40-19-7-2-8-20-40/h1-36,57-58H. The lowest BCUT2D eigenvalue weighted by atomic mass is 9.64. The first-order valence-corrected chi connectivity index (χ1v) is 21.0. The number of benzene rings is 9. The highest BCUT2D eigenvalue weighted by Crippen LogP contribution is 2.64. The molecule has 0 radical (unpaired) electrons. The van der Waals surface area contributed by atoms with Crippen LogP contribution in [0.3, 0.4) is 0 Å². The molecule has 5 heteroatoms. The van der Waals surface area contributed by atoms with Crippen molar-refractivity contribution in [2.75, 3.05) is 15.5 Å². The van der Waals surface area contributed by atoms with Crippen molar-refractivity contribution >= 4 is 55.7 Å². The van der Waals surface area contributed by atoms with Crippen molar-refractivity contribution in [3.8, 4) is 33.8 Å². The van der Waals surface area contributed by atoms with Crippen LogP contribution in [-0.4, -0.2) is 0 Å². The van der Waals surface area contributed by atoms with E-state index < -0.39 is 5.41 Å². The lowest BCUT2D eigenvalue weighted by Crippen LogP contribution is -2.36. The van der Waals surface area contributed by atoms with Crippen molar-refractivity contribution in [3.05, 3.63) is 245 Å². The summed E-state index contributed by atoms with van der Waals surface area (Å²) >= 11 is 3.90. The van der Waals surface area contributed by atoms with Gasteiger partial charge in [0.1, 0.15) is 11.5 Å². The molecule has 0 atom stereocenters. The van der Waals surface area contributed by atoms with Crippen LogP contribution in [0.4, 0.5) is 39.8 Å². The van der Waals surface area contributed by atoms with Gasteiger partial charge in [-0.1, -0.05) is 155 Å². The maximum atomic E-state index is 6.58. The maximum Gasteiger partial charge on any atom is 0.131 e. The van der Waals surface area contributed by atoms with E-state index >= 15 is 0 Å². The first-order valence-electron chi connectivity index (χ1n) is 20.2. The fraction of sp³-hybridized carbons (Fsp3) is 0.0182. The van der Waals surface area contributed by atoms with E-state index in [0.717, 1.165) is 61.2 Å². The Bertz CT molecular complexity index is 2920. The molecule has 0 unspecified atom stereocenters. The number of hydrogen-bond acceptors (Lipinski definition) is 4. The average Bonchev–Trinajstić information content (AvgIpc) is 3.58. The molecule has 1 spiro atoms. The van der Waals surface area contributed by atoms with Crippen LogP contribution in [0.15, 0.2) is 223 Å². The van der Waals surface area contributed by atoms with E-state index in [9.17, 15) is 0 Å². The third-order valence-corrected chi connectivity index (χ3v) is 12.2. The number of nitrogens with zero attached hydrogens (tertiary/aromatic N) is 1. The predicted octanol–water partition coefficient (Wildman–Crippen LogP) is 15.5. The summed E-state index contributed by atoms with van der Waals surface area (Å²) < 4.78 is 7.60. The van der Waals surface area contributed by atoms with Crippen LogP contribution < -0.4 is 20.3 Å². The molecule has 0 aromatic heterocycles. The number of fused-ring (bicyclic) bond motifs is 9. The molecule has 0 amide bonds. The van der Waals surface area contributed by atoms with E-state index in [0.29, 0.717) is 5.75 Å². The Morgan fingerprint density at radius 2 is 0.900 bits per heavy atom. The predicted molar refractivity (Wildman–Crippen MR) is 251 cm³/mol. The van der Waals surface area contributed by atoms with Gasteiger partial charge in [-0.15, -0.1) is 0 Å². The Morgan fingerprint density at radius 3 is 1.48 bits per heavy atom. The van der Waals surface area contributed by atoms with Gasteiger partial charge in [0.25, 0.3) is 0 Å². The van der Waals surface area contributed by atoms with Crippen molar-refractivity contribution in [2.45, 2.75) is 5.41 Å². The molecule has 1 aliphatic carbocycles. The first kappa shape index (κ1) is 35.8. The fourth-order valence-corrected chi connectivity index (χ4v) is 9.65. The second-order valence-corrected chi connectivity index (χ2v) is 16.1. The number of rotatable bonds is 8. The van der Waals surface area contributed by atoms with Crippen LogP contribution in [-0.2, 0) is 5.41 Å². The van der Waals surface area contributed by atoms with Gasteiger partial charge in [-0.3, -0.25) is 0 Å². The van der Waals surface area contributed by atoms with Crippen molar-refractivity contribution in [2.24, 2.45) is 0 Å². The summed E-state index contributed by atoms with van der Waals surface area (Å²) in [5, 5.41) is 7.61. The highest BCUT2D eigenvalue weighted by Gasteiger charge is 2.51. The monoisotopic (exact) mass is 835 g/mol. The van der Waals surface area contributed by atoms with Gasteiger partial charge in [0.15, 0.2) is 0 Å². The molecular weight excluding hydrogens is 799 g/mol. The Hall–Kier alpha value is -7.34. The molecule has 0 saturated heterocycles. The summed E-state index contributed by atoms with van der Waals surface area (Å²) in [5.74, 6) is 1.48. The number of hydrogen-bond donors (Lipinski definition) is 2. The summed E-state index contributed by atoms with van der Waals surface area (Å²) in [6, 6.07) is 77.3. The summed E-state index contributed by atoms with van der Waals surface area (Å²) in [4.78, 5) is 2.44.